The normalized spacial score (nSPS) is 17.2. The molecular weight excluding hydrogens is 850 g/mol. The van der Waals surface area contributed by atoms with Gasteiger partial charge in [-0.1, -0.05) is 29.8 Å². The van der Waals surface area contributed by atoms with E-state index in [1.807, 2.05) is 26.0 Å². The molecule has 5 amide bonds. The first kappa shape index (κ1) is 47.1. The van der Waals surface area contributed by atoms with Crippen molar-refractivity contribution < 1.29 is 38.2 Å². The number of amidine groups is 2. The van der Waals surface area contributed by atoms with Gasteiger partial charge < -0.3 is 35.1 Å². The Hall–Kier alpha value is -5.37. The van der Waals surface area contributed by atoms with Crippen molar-refractivity contribution in [1.29, 1.82) is 10.8 Å². The van der Waals surface area contributed by atoms with E-state index in [1.54, 1.807) is 42.2 Å². The van der Waals surface area contributed by atoms with Gasteiger partial charge in [0.05, 0.1) is 51.8 Å². The Bertz CT molecular complexity index is 2250. The number of hydrogen-bond donors (Lipinski definition) is 6. The minimum absolute atomic E-state index is 0.0634. The number of thiophene rings is 1. The molecule has 1 saturated heterocycles. The number of ether oxygens (including phenoxy) is 3. The van der Waals surface area contributed by atoms with Crippen LogP contribution in [-0.2, 0) is 39.9 Å². The first-order valence-corrected chi connectivity index (χ1v) is 22.2. The van der Waals surface area contributed by atoms with Gasteiger partial charge in [-0.25, -0.2) is 0 Å². The van der Waals surface area contributed by atoms with Gasteiger partial charge in [0, 0.05) is 70.3 Å². The van der Waals surface area contributed by atoms with Crippen LogP contribution in [0, 0.1) is 24.7 Å². The number of halogens is 1. The van der Waals surface area contributed by atoms with Crippen molar-refractivity contribution in [3.8, 4) is 0 Å². The van der Waals surface area contributed by atoms with Gasteiger partial charge in [0.1, 0.15) is 28.8 Å². The monoisotopic (exact) mass is 903 g/mol. The Morgan fingerprint density at radius 3 is 2.35 bits per heavy atom. The Labute approximate surface area is 375 Å². The average Bonchev–Trinajstić information content (AvgIpc) is 3.69. The van der Waals surface area contributed by atoms with Crippen LogP contribution in [0.1, 0.15) is 76.5 Å². The molecule has 63 heavy (non-hydrogen) atoms. The second-order valence-corrected chi connectivity index (χ2v) is 16.9. The van der Waals surface area contributed by atoms with Gasteiger partial charge in [0.2, 0.25) is 23.6 Å². The second kappa shape index (κ2) is 22.3. The zero-order valence-corrected chi connectivity index (χ0v) is 37.3. The summed E-state index contributed by atoms with van der Waals surface area (Å²) in [4.78, 5) is 71.8. The summed E-state index contributed by atoms with van der Waals surface area (Å²) >= 11 is 7.68. The molecule has 336 valence electrons. The van der Waals surface area contributed by atoms with Crippen molar-refractivity contribution in [2.75, 3.05) is 69.5 Å². The van der Waals surface area contributed by atoms with Crippen LogP contribution in [0.15, 0.2) is 47.5 Å². The Morgan fingerprint density at radius 2 is 1.65 bits per heavy atom. The SMILES string of the molecule is CC(=N)N1C(=N)[C@H](CC(=O)NCCOCCOCCOCCNCCCC(=O)Nc2cccc3c2CN(C2CCC(=O)NC2=O)C3=O)N=C(c2ccc(Cl)cc2)c2c1sc(C)c2C. The predicted molar refractivity (Wildman–Crippen MR) is 242 cm³/mol. The van der Waals surface area contributed by atoms with E-state index in [1.165, 1.54) is 16.2 Å². The molecule has 6 rings (SSSR count). The average molecular weight is 904 g/mol. The Morgan fingerprint density at radius 1 is 0.952 bits per heavy atom. The molecule has 0 spiro atoms. The van der Waals surface area contributed by atoms with Gasteiger partial charge in [0.15, 0.2) is 0 Å². The maximum atomic E-state index is 13.1. The van der Waals surface area contributed by atoms with Crippen LogP contribution in [0.25, 0.3) is 0 Å². The lowest BCUT2D eigenvalue weighted by molar-refractivity contribution is -0.137. The predicted octanol–water partition coefficient (Wildman–Crippen LogP) is 4.34. The fraction of sp³-hybridized carbons (Fsp3) is 0.455. The van der Waals surface area contributed by atoms with Gasteiger partial charge in [-0.3, -0.25) is 50.0 Å². The highest BCUT2D eigenvalue weighted by atomic mass is 35.5. The summed E-state index contributed by atoms with van der Waals surface area (Å²) in [6, 6.07) is 10.9. The molecule has 3 aromatic rings. The lowest BCUT2D eigenvalue weighted by Crippen LogP contribution is -2.52. The summed E-state index contributed by atoms with van der Waals surface area (Å²) < 4.78 is 16.8. The number of carbonyl (C=O) groups is 5. The number of aliphatic imine (C=N–C) groups is 1. The smallest absolute Gasteiger partial charge is 0.255 e. The number of amides is 5. The lowest BCUT2D eigenvalue weighted by atomic mass is 9.99. The molecule has 1 fully saturated rings. The number of anilines is 2. The molecule has 0 radical (unpaired) electrons. The number of rotatable bonds is 21. The van der Waals surface area contributed by atoms with Crippen LogP contribution in [0.5, 0.6) is 0 Å². The number of nitrogens with one attached hydrogen (secondary N) is 6. The molecule has 3 aliphatic heterocycles. The van der Waals surface area contributed by atoms with Crippen molar-refractivity contribution in [2.45, 2.75) is 71.5 Å². The fourth-order valence-electron chi connectivity index (χ4n) is 7.50. The maximum Gasteiger partial charge on any atom is 0.255 e. The minimum atomic E-state index is -0.816. The van der Waals surface area contributed by atoms with E-state index in [9.17, 15) is 24.0 Å². The molecule has 0 bridgehead atoms. The molecule has 0 saturated carbocycles. The van der Waals surface area contributed by atoms with E-state index in [2.05, 4.69) is 21.3 Å². The van der Waals surface area contributed by atoms with E-state index in [4.69, 9.17) is 41.6 Å². The van der Waals surface area contributed by atoms with Crippen molar-refractivity contribution >= 4 is 80.5 Å². The van der Waals surface area contributed by atoms with E-state index in [0.29, 0.717) is 80.1 Å². The van der Waals surface area contributed by atoms with Gasteiger partial charge in [0.25, 0.3) is 5.91 Å². The van der Waals surface area contributed by atoms with Crippen LogP contribution in [0.3, 0.4) is 0 Å². The molecule has 4 heterocycles. The second-order valence-electron chi connectivity index (χ2n) is 15.3. The van der Waals surface area contributed by atoms with Gasteiger partial charge in [-0.05, 0) is 70.0 Å². The fourth-order valence-corrected chi connectivity index (χ4v) is 8.85. The molecule has 2 atom stereocenters. The number of nitrogens with zero attached hydrogens (tertiary/aromatic N) is 3. The van der Waals surface area contributed by atoms with Gasteiger partial charge >= 0.3 is 0 Å². The molecular formula is C44H54ClN9O8S. The summed E-state index contributed by atoms with van der Waals surface area (Å²) in [7, 11) is 0. The summed E-state index contributed by atoms with van der Waals surface area (Å²) in [5.74, 6) is -1.34. The third kappa shape index (κ3) is 12.0. The molecule has 1 aromatic heterocycles. The van der Waals surface area contributed by atoms with Crippen LogP contribution in [0.2, 0.25) is 5.02 Å². The first-order chi connectivity index (χ1) is 30.3. The molecule has 17 nitrogen and oxygen atoms in total. The molecule has 6 N–H and O–H groups in total. The lowest BCUT2D eigenvalue weighted by Gasteiger charge is -2.29. The topological polar surface area (TPSA) is 228 Å². The first-order valence-electron chi connectivity index (χ1n) is 21.0. The van der Waals surface area contributed by atoms with E-state index in [-0.39, 0.29) is 80.7 Å². The quantitative estimate of drug-likeness (QED) is 0.0384. The molecule has 2 aromatic carbocycles. The zero-order chi connectivity index (χ0) is 45.0. The van der Waals surface area contributed by atoms with E-state index < -0.39 is 18.0 Å². The third-order valence-electron chi connectivity index (χ3n) is 10.8. The molecule has 19 heteroatoms. The van der Waals surface area contributed by atoms with Crippen molar-refractivity contribution in [1.82, 2.24) is 20.9 Å². The van der Waals surface area contributed by atoms with Crippen LogP contribution >= 0.6 is 22.9 Å². The minimum Gasteiger partial charge on any atom is -0.378 e. The third-order valence-corrected chi connectivity index (χ3v) is 12.3. The Kier molecular flexibility index (Phi) is 16.7. The number of carbonyl (C=O) groups excluding carboxylic acids is 5. The highest BCUT2D eigenvalue weighted by Gasteiger charge is 2.40. The van der Waals surface area contributed by atoms with E-state index >= 15 is 0 Å². The van der Waals surface area contributed by atoms with Crippen LogP contribution in [-0.4, -0.2) is 123 Å². The number of fused-ring (bicyclic) bond motifs is 2. The Balaban J connectivity index is 0.798. The van der Waals surface area contributed by atoms with Gasteiger partial charge in [-0.2, -0.15) is 0 Å². The summed E-state index contributed by atoms with van der Waals surface area (Å²) in [6.07, 6.45) is 1.25. The largest absolute Gasteiger partial charge is 0.378 e. The number of piperidine rings is 1. The van der Waals surface area contributed by atoms with Crippen molar-refractivity contribution in [3.63, 3.8) is 0 Å². The number of aryl methyl sites for hydroxylation is 1. The highest BCUT2D eigenvalue weighted by Crippen LogP contribution is 2.40. The summed E-state index contributed by atoms with van der Waals surface area (Å²) in [5, 5.41) is 30.2. The summed E-state index contributed by atoms with van der Waals surface area (Å²) in [5.41, 5.74) is 4.99. The van der Waals surface area contributed by atoms with Crippen molar-refractivity contribution in [3.05, 3.63) is 80.2 Å². The summed E-state index contributed by atoms with van der Waals surface area (Å²) in [6.45, 7) is 9.58. The van der Waals surface area contributed by atoms with E-state index in [0.717, 1.165) is 26.6 Å². The standard InChI is InChI=1S/C44H54ClN9O8S/c1-26-27(2)63-44-39(26)40(29-9-11-30(45)12-10-29)51-34(41(47)54(44)28(3)46)24-38(57)49-17-19-61-21-23-62-22-20-60-18-16-48-15-5-8-36(55)50-33-7-4-6-31-32(33)25-53(43(31)59)35-13-14-37(56)52-42(35)58/h4,6-7,9-12,34-35,46-48H,5,8,13-25H2,1-3H3,(H,49,57)(H,50,55)(H,52,56,58)/t34-,35?/m0/s1. The number of hydrogen-bond acceptors (Lipinski definition) is 13. The van der Waals surface area contributed by atoms with Gasteiger partial charge in [-0.15, -0.1) is 11.3 Å². The molecule has 0 aliphatic carbocycles. The molecule has 1 unspecified atom stereocenters. The zero-order valence-electron chi connectivity index (χ0n) is 35.7. The maximum absolute atomic E-state index is 13.1. The highest BCUT2D eigenvalue weighted by molar-refractivity contribution is 7.17. The number of benzene rings is 2. The number of imide groups is 1. The van der Waals surface area contributed by atoms with Crippen molar-refractivity contribution in [2.24, 2.45) is 4.99 Å². The van der Waals surface area contributed by atoms with Crippen LogP contribution < -0.4 is 26.2 Å². The molecule has 3 aliphatic rings. The van der Waals surface area contributed by atoms with Crippen LogP contribution in [0.4, 0.5) is 10.7 Å².